The zero-order valence-corrected chi connectivity index (χ0v) is 12.7. The van der Waals surface area contributed by atoms with Crippen LogP contribution in [-0.2, 0) is 13.0 Å². The van der Waals surface area contributed by atoms with Gasteiger partial charge in [0.15, 0.2) is 0 Å². The fourth-order valence-electron chi connectivity index (χ4n) is 2.16. The molecular weight excluding hydrogens is 272 g/mol. The number of nitrogens with two attached hydrogens (primary N) is 1. The van der Waals surface area contributed by atoms with E-state index in [9.17, 15) is 0 Å². The molecule has 0 aliphatic heterocycles. The van der Waals surface area contributed by atoms with E-state index in [-0.39, 0.29) is 6.04 Å². The maximum Gasteiger partial charge on any atom is 0.123 e. The van der Waals surface area contributed by atoms with Crippen LogP contribution in [0.3, 0.4) is 0 Å². The average Bonchev–Trinajstić information content (AvgIpc) is 2.91. The Labute approximate surface area is 125 Å². The van der Waals surface area contributed by atoms with E-state index >= 15 is 0 Å². The van der Waals surface area contributed by atoms with Crippen LogP contribution in [0.2, 0.25) is 5.02 Å². The molecule has 4 heteroatoms. The van der Waals surface area contributed by atoms with E-state index in [4.69, 9.17) is 21.8 Å². The lowest BCUT2D eigenvalue weighted by Gasteiger charge is -2.20. The van der Waals surface area contributed by atoms with Crippen LogP contribution in [0.4, 0.5) is 5.69 Å². The van der Waals surface area contributed by atoms with Crippen molar-refractivity contribution in [2.24, 2.45) is 5.73 Å². The second-order valence-electron chi connectivity index (χ2n) is 5.09. The van der Waals surface area contributed by atoms with Crippen molar-refractivity contribution in [2.75, 3.05) is 11.9 Å². The highest BCUT2D eigenvalue weighted by atomic mass is 35.5. The van der Waals surface area contributed by atoms with Crippen molar-refractivity contribution in [3.05, 3.63) is 52.9 Å². The van der Waals surface area contributed by atoms with E-state index in [0.717, 1.165) is 29.3 Å². The van der Waals surface area contributed by atoms with Gasteiger partial charge in [0.05, 0.1) is 23.5 Å². The first-order valence-electron chi connectivity index (χ1n) is 6.87. The number of benzene rings is 1. The molecule has 2 N–H and O–H groups in total. The third kappa shape index (κ3) is 3.78. The molecule has 0 fully saturated rings. The maximum absolute atomic E-state index is 6.38. The van der Waals surface area contributed by atoms with Crippen LogP contribution in [-0.4, -0.2) is 13.1 Å². The number of halogens is 1. The van der Waals surface area contributed by atoms with E-state index in [2.05, 4.69) is 17.9 Å². The summed E-state index contributed by atoms with van der Waals surface area (Å²) in [7, 11) is 2.00. The summed E-state index contributed by atoms with van der Waals surface area (Å²) in [5, 5.41) is 0.750. The molecule has 0 radical (unpaired) electrons. The Morgan fingerprint density at radius 2 is 2.15 bits per heavy atom. The highest BCUT2D eigenvalue weighted by Crippen LogP contribution is 2.27. The van der Waals surface area contributed by atoms with Crippen molar-refractivity contribution in [1.29, 1.82) is 0 Å². The highest BCUT2D eigenvalue weighted by Gasteiger charge is 2.10. The van der Waals surface area contributed by atoms with Crippen molar-refractivity contribution >= 4 is 17.3 Å². The van der Waals surface area contributed by atoms with Gasteiger partial charge >= 0.3 is 0 Å². The minimum absolute atomic E-state index is 0.192. The predicted molar refractivity (Wildman–Crippen MR) is 84.2 cm³/mol. The molecule has 1 heterocycles. The van der Waals surface area contributed by atoms with Gasteiger partial charge in [-0.25, -0.2) is 0 Å². The number of rotatable bonds is 6. The molecule has 0 saturated carbocycles. The van der Waals surface area contributed by atoms with Crippen molar-refractivity contribution in [3.63, 3.8) is 0 Å². The summed E-state index contributed by atoms with van der Waals surface area (Å²) in [5.74, 6) is 0.917. The second-order valence-corrected chi connectivity index (χ2v) is 5.50. The minimum Gasteiger partial charge on any atom is -0.467 e. The van der Waals surface area contributed by atoms with E-state index in [1.165, 1.54) is 5.56 Å². The first-order valence-corrected chi connectivity index (χ1v) is 7.25. The monoisotopic (exact) mass is 292 g/mol. The van der Waals surface area contributed by atoms with Crippen LogP contribution in [0.1, 0.15) is 24.7 Å². The topological polar surface area (TPSA) is 42.4 Å². The molecule has 0 spiro atoms. The molecular formula is C16H21ClN2O. The SMILES string of the molecule is CCC(N)Cc1ccc(N(C)Cc2ccco2)c(Cl)c1. The Hall–Kier alpha value is -1.45. The summed E-state index contributed by atoms with van der Waals surface area (Å²) >= 11 is 6.38. The molecule has 0 aliphatic rings. The van der Waals surface area contributed by atoms with Gasteiger partial charge in [0.25, 0.3) is 0 Å². The van der Waals surface area contributed by atoms with Gasteiger partial charge < -0.3 is 15.1 Å². The molecule has 2 rings (SSSR count). The smallest absolute Gasteiger partial charge is 0.123 e. The van der Waals surface area contributed by atoms with Gasteiger partial charge in [-0.15, -0.1) is 0 Å². The normalized spacial score (nSPS) is 12.4. The summed E-state index contributed by atoms with van der Waals surface area (Å²) < 4.78 is 5.36. The molecule has 1 aromatic carbocycles. The lowest BCUT2D eigenvalue weighted by molar-refractivity contribution is 0.507. The molecule has 20 heavy (non-hydrogen) atoms. The standard InChI is InChI=1S/C16H21ClN2O/c1-3-13(18)9-12-6-7-16(15(17)10-12)19(2)11-14-5-4-8-20-14/h4-8,10,13H,3,9,11,18H2,1-2H3. The minimum atomic E-state index is 0.192. The van der Waals surface area contributed by atoms with Crippen molar-refractivity contribution < 1.29 is 4.42 Å². The summed E-state index contributed by atoms with van der Waals surface area (Å²) in [4.78, 5) is 2.07. The van der Waals surface area contributed by atoms with E-state index in [1.54, 1.807) is 6.26 Å². The zero-order valence-electron chi connectivity index (χ0n) is 12.0. The Kier molecular flexibility index (Phi) is 5.10. The first-order chi connectivity index (χ1) is 9.60. The Balaban J connectivity index is 2.08. The van der Waals surface area contributed by atoms with E-state index < -0.39 is 0 Å². The van der Waals surface area contributed by atoms with Gasteiger partial charge in [0.1, 0.15) is 5.76 Å². The Morgan fingerprint density at radius 1 is 1.35 bits per heavy atom. The van der Waals surface area contributed by atoms with Gasteiger partial charge in [0.2, 0.25) is 0 Å². The number of hydrogen-bond acceptors (Lipinski definition) is 3. The summed E-state index contributed by atoms with van der Waals surface area (Å²) in [5.41, 5.74) is 8.15. The van der Waals surface area contributed by atoms with Crippen LogP contribution in [0.25, 0.3) is 0 Å². The average molecular weight is 293 g/mol. The van der Waals surface area contributed by atoms with Crippen LogP contribution in [0, 0.1) is 0 Å². The fourth-order valence-corrected chi connectivity index (χ4v) is 2.50. The third-order valence-electron chi connectivity index (χ3n) is 3.42. The van der Waals surface area contributed by atoms with Crippen LogP contribution in [0.15, 0.2) is 41.0 Å². The lowest BCUT2D eigenvalue weighted by Crippen LogP contribution is -2.21. The van der Waals surface area contributed by atoms with Crippen LogP contribution >= 0.6 is 11.6 Å². The number of furan rings is 1. The second kappa shape index (κ2) is 6.82. The number of hydrogen-bond donors (Lipinski definition) is 1. The van der Waals surface area contributed by atoms with Crippen molar-refractivity contribution in [1.82, 2.24) is 0 Å². The molecule has 1 unspecified atom stereocenters. The van der Waals surface area contributed by atoms with Crippen LogP contribution in [0.5, 0.6) is 0 Å². The largest absolute Gasteiger partial charge is 0.467 e. The van der Waals surface area contributed by atoms with Gasteiger partial charge in [-0.05, 0) is 42.7 Å². The molecule has 0 bridgehead atoms. The zero-order chi connectivity index (χ0) is 14.5. The highest BCUT2D eigenvalue weighted by molar-refractivity contribution is 6.33. The summed E-state index contributed by atoms with van der Waals surface area (Å²) in [6.07, 6.45) is 3.51. The maximum atomic E-state index is 6.38. The fraction of sp³-hybridized carbons (Fsp3) is 0.375. The molecule has 0 aliphatic carbocycles. The molecule has 0 saturated heterocycles. The Morgan fingerprint density at radius 3 is 2.75 bits per heavy atom. The van der Waals surface area contributed by atoms with Gasteiger partial charge in [-0.1, -0.05) is 24.6 Å². The molecule has 0 amide bonds. The van der Waals surface area contributed by atoms with Gasteiger partial charge in [0, 0.05) is 13.1 Å². The molecule has 1 atom stereocenters. The van der Waals surface area contributed by atoms with Crippen LogP contribution < -0.4 is 10.6 Å². The summed E-state index contributed by atoms with van der Waals surface area (Å²) in [6, 6.07) is 10.2. The number of nitrogens with zero attached hydrogens (tertiary/aromatic N) is 1. The van der Waals surface area contributed by atoms with E-state index in [0.29, 0.717) is 6.54 Å². The summed E-state index contributed by atoms with van der Waals surface area (Å²) in [6.45, 7) is 2.79. The third-order valence-corrected chi connectivity index (χ3v) is 3.72. The quantitative estimate of drug-likeness (QED) is 0.879. The van der Waals surface area contributed by atoms with Gasteiger partial charge in [-0.2, -0.15) is 0 Å². The van der Waals surface area contributed by atoms with Crippen molar-refractivity contribution in [2.45, 2.75) is 32.4 Å². The first kappa shape index (κ1) is 14.9. The molecule has 108 valence electrons. The number of anilines is 1. The Bertz CT molecular complexity index is 539. The molecule has 1 aromatic heterocycles. The van der Waals surface area contributed by atoms with Gasteiger partial charge in [-0.3, -0.25) is 0 Å². The van der Waals surface area contributed by atoms with Crippen molar-refractivity contribution in [3.8, 4) is 0 Å². The lowest BCUT2D eigenvalue weighted by atomic mass is 10.0. The molecule has 3 nitrogen and oxygen atoms in total. The molecule has 2 aromatic rings. The van der Waals surface area contributed by atoms with E-state index in [1.807, 2.05) is 31.3 Å². The predicted octanol–water partition coefficient (Wildman–Crippen LogP) is 3.85.